The summed E-state index contributed by atoms with van der Waals surface area (Å²) in [4.78, 5) is 2.24. The third-order valence-corrected chi connectivity index (χ3v) is 3.28. The van der Waals surface area contributed by atoms with Crippen molar-refractivity contribution in [3.8, 4) is 0 Å². The second kappa shape index (κ2) is 9.81. The summed E-state index contributed by atoms with van der Waals surface area (Å²) in [5.74, 6) is 3.34. The molecule has 0 aliphatic carbocycles. The molecule has 0 saturated heterocycles. The van der Waals surface area contributed by atoms with Crippen LogP contribution in [0.1, 0.15) is 20.3 Å². The maximum absolute atomic E-state index is 3.46. The van der Waals surface area contributed by atoms with Crippen LogP contribution in [-0.4, -0.2) is 50.1 Å². The van der Waals surface area contributed by atoms with E-state index in [9.17, 15) is 0 Å². The second-order valence-corrected chi connectivity index (χ2v) is 5.34. The minimum absolute atomic E-state index is 0.800. The largest absolute Gasteiger partial charge is 0.316 e. The van der Waals surface area contributed by atoms with E-state index in [2.05, 4.69) is 49.9 Å². The van der Waals surface area contributed by atoms with E-state index in [0.717, 1.165) is 12.5 Å². The molecule has 0 rings (SSSR count). The molecule has 0 saturated carbocycles. The highest BCUT2D eigenvalue weighted by atomic mass is 32.2. The van der Waals surface area contributed by atoms with Crippen LogP contribution in [0.4, 0.5) is 0 Å². The van der Waals surface area contributed by atoms with E-state index >= 15 is 0 Å². The van der Waals surface area contributed by atoms with Crippen LogP contribution in [0.25, 0.3) is 0 Å². The van der Waals surface area contributed by atoms with E-state index in [-0.39, 0.29) is 0 Å². The molecule has 86 valence electrons. The molecule has 0 radical (unpaired) electrons. The van der Waals surface area contributed by atoms with Gasteiger partial charge in [0.15, 0.2) is 0 Å². The Morgan fingerprint density at radius 2 is 2.07 bits per heavy atom. The van der Waals surface area contributed by atoms with Crippen molar-refractivity contribution in [2.45, 2.75) is 20.3 Å². The van der Waals surface area contributed by atoms with Gasteiger partial charge >= 0.3 is 0 Å². The Kier molecular flexibility index (Phi) is 10.0. The monoisotopic (exact) mass is 218 g/mol. The van der Waals surface area contributed by atoms with Gasteiger partial charge in [-0.05, 0) is 45.3 Å². The third-order valence-electron chi connectivity index (χ3n) is 2.00. The second-order valence-electron chi connectivity index (χ2n) is 4.19. The first-order valence-electron chi connectivity index (χ1n) is 5.60. The summed E-state index contributed by atoms with van der Waals surface area (Å²) in [6.07, 6.45) is 1.24. The molecule has 0 fully saturated rings. The number of thioether (sulfide) groups is 1. The topological polar surface area (TPSA) is 15.3 Å². The van der Waals surface area contributed by atoms with Crippen LogP contribution < -0.4 is 5.32 Å². The third kappa shape index (κ3) is 10.4. The quantitative estimate of drug-likeness (QED) is 0.595. The summed E-state index contributed by atoms with van der Waals surface area (Å²) in [6.45, 7) is 8.06. The van der Waals surface area contributed by atoms with Gasteiger partial charge in [-0.3, -0.25) is 0 Å². The first-order valence-corrected chi connectivity index (χ1v) is 6.75. The lowest BCUT2D eigenvalue weighted by molar-refractivity contribution is 0.437. The van der Waals surface area contributed by atoms with Crippen molar-refractivity contribution in [1.29, 1.82) is 0 Å². The average Bonchev–Trinajstić information content (AvgIpc) is 2.13. The number of hydrogen-bond acceptors (Lipinski definition) is 3. The molecule has 1 unspecified atom stereocenters. The van der Waals surface area contributed by atoms with Gasteiger partial charge in [-0.15, -0.1) is 0 Å². The summed E-state index contributed by atoms with van der Waals surface area (Å²) < 4.78 is 0. The van der Waals surface area contributed by atoms with Gasteiger partial charge in [-0.2, -0.15) is 11.8 Å². The van der Waals surface area contributed by atoms with Crippen molar-refractivity contribution in [2.75, 3.05) is 45.2 Å². The normalized spacial score (nSPS) is 13.5. The van der Waals surface area contributed by atoms with Crippen molar-refractivity contribution >= 4 is 11.8 Å². The molecule has 0 amide bonds. The first kappa shape index (κ1) is 14.3. The zero-order chi connectivity index (χ0) is 10.8. The smallest absolute Gasteiger partial charge is 0.00662 e. The van der Waals surface area contributed by atoms with Gasteiger partial charge in [0.05, 0.1) is 0 Å². The van der Waals surface area contributed by atoms with Crippen molar-refractivity contribution in [3.63, 3.8) is 0 Å². The molecule has 1 atom stereocenters. The average molecular weight is 218 g/mol. The lowest BCUT2D eigenvalue weighted by atomic mass is 10.2. The van der Waals surface area contributed by atoms with Crippen LogP contribution in [0.2, 0.25) is 0 Å². The van der Waals surface area contributed by atoms with E-state index in [1.807, 2.05) is 0 Å². The van der Waals surface area contributed by atoms with Gasteiger partial charge in [-0.25, -0.2) is 0 Å². The lowest BCUT2D eigenvalue weighted by Gasteiger charge is -2.13. The molecule has 14 heavy (non-hydrogen) atoms. The Labute approximate surface area is 93.8 Å². The zero-order valence-electron chi connectivity index (χ0n) is 10.2. The highest BCUT2D eigenvalue weighted by molar-refractivity contribution is 7.99. The standard InChI is InChI=1S/C11H26N2S/c1-5-6-12-9-11(2)10-14-8-7-13(3)4/h11-12H,5-10H2,1-4H3. The molecule has 3 heteroatoms. The molecule has 0 aromatic rings. The van der Waals surface area contributed by atoms with E-state index in [4.69, 9.17) is 0 Å². The minimum Gasteiger partial charge on any atom is -0.316 e. The van der Waals surface area contributed by atoms with Gasteiger partial charge < -0.3 is 10.2 Å². The van der Waals surface area contributed by atoms with Gasteiger partial charge in [0.1, 0.15) is 0 Å². The fourth-order valence-corrected chi connectivity index (χ4v) is 2.30. The van der Waals surface area contributed by atoms with Crippen LogP contribution in [-0.2, 0) is 0 Å². The van der Waals surface area contributed by atoms with Crippen LogP contribution in [0.5, 0.6) is 0 Å². The molecular formula is C11H26N2S. The fourth-order valence-electron chi connectivity index (χ4n) is 1.12. The highest BCUT2D eigenvalue weighted by Crippen LogP contribution is 2.07. The summed E-state index contributed by atoms with van der Waals surface area (Å²) >= 11 is 2.07. The molecule has 0 heterocycles. The minimum atomic E-state index is 0.800. The lowest BCUT2D eigenvalue weighted by Crippen LogP contribution is -2.23. The summed E-state index contributed by atoms with van der Waals surface area (Å²) in [6, 6.07) is 0. The molecule has 0 aliphatic rings. The van der Waals surface area contributed by atoms with Crippen LogP contribution in [0.15, 0.2) is 0 Å². The molecule has 0 aliphatic heterocycles. The fraction of sp³-hybridized carbons (Fsp3) is 1.00. The number of hydrogen-bond donors (Lipinski definition) is 1. The molecule has 0 spiro atoms. The van der Waals surface area contributed by atoms with Crippen LogP contribution in [0.3, 0.4) is 0 Å². The predicted molar refractivity (Wildman–Crippen MR) is 68.2 cm³/mol. The maximum atomic E-state index is 3.46. The first-order chi connectivity index (χ1) is 6.66. The van der Waals surface area contributed by atoms with Crippen LogP contribution in [0, 0.1) is 5.92 Å². The Bertz CT molecular complexity index is 118. The van der Waals surface area contributed by atoms with Gasteiger partial charge in [0.2, 0.25) is 0 Å². The summed E-state index contributed by atoms with van der Waals surface area (Å²) in [5.41, 5.74) is 0. The van der Waals surface area contributed by atoms with Crippen molar-refractivity contribution in [2.24, 2.45) is 5.92 Å². The molecule has 2 nitrogen and oxygen atoms in total. The maximum Gasteiger partial charge on any atom is 0.00662 e. The van der Waals surface area contributed by atoms with Crippen molar-refractivity contribution in [3.05, 3.63) is 0 Å². The predicted octanol–water partition coefficient (Wildman–Crippen LogP) is 1.92. The number of nitrogens with one attached hydrogen (secondary N) is 1. The SMILES string of the molecule is CCCNCC(C)CSCCN(C)C. The Morgan fingerprint density at radius 3 is 2.64 bits per heavy atom. The number of rotatable bonds is 9. The molecule has 0 aromatic carbocycles. The van der Waals surface area contributed by atoms with Crippen LogP contribution >= 0.6 is 11.8 Å². The Balaban J connectivity index is 3.14. The van der Waals surface area contributed by atoms with Crippen molar-refractivity contribution < 1.29 is 0 Å². The van der Waals surface area contributed by atoms with E-state index in [1.165, 1.54) is 31.0 Å². The van der Waals surface area contributed by atoms with Gasteiger partial charge in [0.25, 0.3) is 0 Å². The van der Waals surface area contributed by atoms with E-state index < -0.39 is 0 Å². The zero-order valence-corrected chi connectivity index (χ0v) is 11.0. The van der Waals surface area contributed by atoms with Crippen molar-refractivity contribution in [1.82, 2.24) is 10.2 Å². The summed E-state index contributed by atoms with van der Waals surface area (Å²) in [7, 11) is 4.26. The molecule has 0 aromatic heterocycles. The van der Waals surface area contributed by atoms with Gasteiger partial charge in [0, 0.05) is 12.3 Å². The molecule has 1 N–H and O–H groups in total. The molecular weight excluding hydrogens is 192 g/mol. The number of nitrogens with zero attached hydrogens (tertiary/aromatic N) is 1. The van der Waals surface area contributed by atoms with Gasteiger partial charge in [-0.1, -0.05) is 13.8 Å². The Morgan fingerprint density at radius 1 is 1.36 bits per heavy atom. The molecule has 0 bridgehead atoms. The summed E-state index contributed by atoms with van der Waals surface area (Å²) in [5, 5.41) is 3.46. The Hall–Kier alpha value is 0.270. The van der Waals surface area contributed by atoms with E-state index in [0.29, 0.717) is 0 Å². The highest BCUT2D eigenvalue weighted by Gasteiger charge is 2.01. The van der Waals surface area contributed by atoms with E-state index in [1.54, 1.807) is 0 Å².